The summed E-state index contributed by atoms with van der Waals surface area (Å²) in [5, 5.41) is 4.89. The number of rotatable bonds is 0. The Bertz CT molecular complexity index is 87.1. The van der Waals surface area contributed by atoms with Crippen LogP contribution < -0.4 is 11.1 Å². The molecule has 0 fully saturated rings. The lowest BCUT2D eigenvalue weighted by Crippen LogP contribution is -2.41. The predicted molar refractivity (Wildman–Crippen MR) is 23.3 cm³/mol. The van der Waals surface area contributed by atoms with Gasteiger partial charge in [-0.3, -0.25) is 0 Å². The minimum atomic E-state index is -0.875. The largest absolute Gasteiger partial charge is 0.413 e. The molecule has 0 saturated carbocycles. The molecule has 0 bridgehead atoms. The number of amides is 1. The maximum atomic E-state index is 9.71. The van der Waals surface area contributed by atoms with Gasteiger partial charge in [0.2, 0.25) is 0 Å². The van der Waals surface area contributed by atoms with Gasteiger partial charge >= 0.3 is 12.0 Å². The Labute approximate surface area is 40.8 Å². The first kappa shape index (κ1) is 5.94. The molecule has 1 amide bonds. The first-order chi connectivity index (χ1) is 3.13. The molecule has 0 aromatic heterocycles. The van der Waals surface area contributed by atoms with Crippen molar-refractivity contribution in [1.29, 1.82) is 0 Å². The molecule has 0 aliphatic heterocycles. The molecule has 0 aromatic carbocycles. The molecule has 0 atom stereocenters. The molecule has 0 spiro atoms. The van der Waals surface area contributed by atoms with Crippen molar-refractivity contribution in [3.8, 4) is 0 Å². The Balaban J connectivity index is 3.32. The summed E-state index contributed by atoms with van der Waals surface area (Å²) in [6.45, 7) is 1.44. The SMILES string of the molecule is CC(=[NH2+])OC(N)=O. The van der Waals surface area contributed by atoms with Gasteiger partial charge in [0.1, 0.15) is 0 Å². The molecule has 40 valence electrons. The standard InChI is InChI=1S/C3H6N2O2/c1-2(4)7-3(5)6/h4H,1H3,(H2,5,6)/p+1. The van der Waals surface area contributed by atoms with E-state index in [1.54, 1.807) is 0 Å². The van der Waals surface area contributed by atoms with Gasteiger partial charge in [0, 0.05) is 0 Å². The van der Waals surface area contributed by atoms with Crippen molar-refractivity contribution >= 4 is 12.0 Å². The van der Waals surface area contributed by atoms with Crippen LogP contribution in [-0.4, -0.2) is 12.0 Å². The average molecular weight is 103 g/mol. The Kier molecular flexibility index (Phi) is 1.84. The van der Waals surface area contributed by atoms with E-state index in [0.29, 0.717) is 0 Å². The van der Waals surface area contributed by atoms with E-state index >= 15 is 0 Å². The summed E-state index contributed by atoms with van der Waals surface area (Å²) in [6.07, 6.45) is -0.875. The molecular weight excluding hydrogens is 96.0 g/mol. The number of hydrogen-bond acceptors (Lipinski definition) is 2. The minimum absolute atomic E-state index is 0.0625. The van der Waals surface area contributed by atoms with Gasteiger partial charge in [-0.15, -0.1) is 0 Å². The minimum Gasteiger partial charge on any atom is -0.358 e. The third-order valence-electron chi connectivity index (χ3n) is 0.262. The van der Waals surface area contributed by atoms with Crippen molar-refractivity contribution in [1.82, 2.24) is 0 Å². The van der Waals surface area contributed by atoms with E-state index in [2.05, 4.69) is 10.5 Å². The highest BCUT2D eigenvalue weighted by molar-refractivity contribution is 5.81. The molecule has 0 aliphatic carbocycles. The highest BCUT2D eigenvalue weighted by Crippen LogP contribution is 1.67. The Hall–Kier alpha value is -1.06. The van der Waals surface area contributed by atoms with Crippen molar-refractivity contribution in [2.24, 2.45) is 5.73 Å². The van der Waals surface area contributed by atoms with Crippen molar-refractivity contribution in [3.63, 3.8) is 0 Å². The number of carbonyl (C=O) groups is 1. The van der Waals surface area contributed by atoms with Gasteiger partial charge in [0.05, 0.1) is 6.92 Å². The van der Waals surface area contributed by atoms with Crippen LogP contribution in [-0.2, 0) is 4.74 Å². The van der Waals surface area contributed by atoms with E-state index in [4.69, 9.17) is 5.41 Å². The van der Waals surface area contributed by atoms with E-state index in [-0.39, 0.29) is 5.90 Å². The highest BCUT2D eigenvalue weighted by Gasteiger charge is 1.96. The van der Waals surface area contributed by atoms with E-state index < -0.39 is 6.09 Å². The van der Waals surface area contributed by atoms with Crippen LogP contribution in [0.1, 0.15) is 6.92 Å². The van der Waals surface area contributed by atoms with Crippen LogP contribution in [0.5, 0.6) is 0 Å². The summed E-state index contributed by atoms with van der Waals surface area (Å²) < 4.78 is 4.08. The van der Waals surface area contributed by atoms with Crippen molar-refractivity contribution in [3.05, 3.63) is 0 Å². The number of carbonyl (C=O) groups excluding carboxylic acids is 1. The van der Waals surface area contributed by atoms with E-state index in [9.17, 15) is 4.79 Å². The molecule has 0 aromatic rings. The summed E-state index contributed by atoms with van der Waals surface area (Å²) in [7, 11) is 0. The Morgan fingerprint density at radius 3 is 2.29 bits per heavy atom. The molecule has 0 aliphatic rings. The molecule has 0 heterocycles. The van der Waals surface area contributed by atoms with Gasteiger partial charge in [-0.25, -0.2) is 10.2 Å². The molecule has 0 unspecified atom stereocenters. The van der Waals surface area contributed by atoms with Crippen LogP contribution in [0.3, 0.4) is 0 Å². The summed E-state index contributed by atoms with van der Waals surface area (Å²) in [4.78, 5) is 9.71. The molecule has 4 heteroatoms. The van der Waals surface area contributed by atoms with Crippen LogP contribution >= 0.6 is 0 Å². The molecule has 4 N–H and O–H groups in total. The summed E-state index contributed by atoms with van der Waals surface area (Å²) in [6, 6.07) is 0. The first-order valence-electron chi connectivity index (χ1n) is 1.69. The Morgan fingerprint density at radius 1 is 1.86 bits per heavy atom. The number of ether oxygens (including phenoxy) is 1. The fourth-order valence-electron chi connectivity index (χ4n) is 0.159. The smallest absolute Gasteiger partial charge is 0.358 e. The van der Waals surface area contributed by atoms with E-state index in [0.717, 1.165) is 0 Å². The normalized spacial score (nSPS) is 7.57. The van der Waals surface area contributed by atoms with Gasteiger partial charge < -0.3 is 10.5 Å². The van der Waals surface area contributed by atoms with E-state index in [1.165, 1.54) is 6.92 Å². The molecule has 4 nitrogen and oxygen atoms in total. The van der Waals surface area contributed by atoms with Gasteiger partial charge in [0.15, 0.2) is 0 Å². The second-order valence-corrected chi connectivity index (χ2v) is 1.03. The average Bonchev–Trinajstić information content (AvgIpc) is 1.27. The van der Waals surface area contributed by atoms with Crippen molar-refractivity contribution in [2.45, 2.75) is 6.92 Å². The van der Waals surface area contributed by atoms with Crippen molar-refractivity contribution in [2.75, 3.05) is 0 Å². The number of primary amides is 1. The molecular formula is C3H7N2O2+. The molecule has 0 saturated heterocycles. The van der Waals surface area contributed by atoms with Crippen molar-refractivity contribution < 1.29 is 14.9 Å². The third-order valence-corrected chi connectivity index (χ3v) is 0.262. The zero-order chi connectivity index (χ0) is 5.86. The zero-order valence-electron chi connectivity index (χ0n) is 3.97. The van der Waals surface area contributed by atoms with Crippen LogP contribution in [0.15, 0.2) is 0 Å². The quantitative estimate of drug-likeness (QED) is 0.282. The van der Waals surface area contributed by atoms with Crippen LogP contribution in [0.25, 0.3) is 0 Å². The summed E-state index contributed by atoms with van der Waals surface area (Å²) in [5.41, 5.74) is 4.53. The monoisotopic (exact) mass is 103 g/mol. The van der Waals surface area contributed by atoms with Gasteiger partial charge in [0.25, 0.3) is 0 Å². The van der Waals surface area contributed by atoms with Crippen LogP contribution in [0, 0.1) is 0 Å². The lowest BCUT2D eigenvalue weighted by molar-refractivity contribution is -0.134. The van der Waals surface area contributed by atoms with Crippen LogP contribution in [0.4, 0.5) is 4.79 Å². The zero-order valence-corrected chi connectivity index (χ0v) is 3.97. The number of nitrogens with two attached hydrogens (primary N) is 2. The van der Waals surface area contributed by atoms with Crippen LogP contribution in [0.2, 0.25) is 0 Å². The third kappa shape index (κ3) is 4.94. The fourth-order valence-corrected chi connectivity index (χ4v) is 0.159. The maximum absolute atomic E-state index is 9.71. The molecule has 7 heavy (non-hydrogen) atoms. The lowest BCUT2D eigenvalue weighted by atomic mass is 10.8. The molecule has 0 rings (SSSR count). The summed E-state index contributed by atoms with van der Waals surface area (Å²) >= 11 is 0. The number of hydrogen-bond donors (Lipinski definition) is 2. The first-order valence-corrected chi connectivity index (χ1v) is 1.69. The predicted octanol–water partition coefficient (Wildman–Crippen LogP) is -1.74. The topological polar surface area (TPSA) is 77.9 Å². The fraction of sp³-hybridized carbons (Fsp3) is 0.333. The highest BCUT2D eigenvalue weighted by atomic mass is 16.6. The molecule has 0 radical (unpaired) electrons. The summed E-state index contributed by atoms with van der Waals surface area (Å²) in [5.74, 6) is 0.0625. The Morgan fingerprint density at radius 2 is 2.29 bits per heavy atom. The second kappa shape index (κ2) is 2.17. The van der Waals surface area contributed by atoms with E-state index in [1.807, 2.05) is 0 Å². The van der Waals surface area contributed by atoms with Gasteiger partial charge in [-0.2, -0.15) is 0 Å². The maximum Gasteiger partial charge on any atom is 0.413 e. The van der Waals surface area contributed by atoms with Gasteiger partial charge in [-0.1, -0.05) is 0 Å². The lowest BCUT2D eigenvalue weighted by Gasteiger charge is -1.85. The van der Waals surface area contributed by atoms with Gasteiger partial charge in [-0.05, 0) is 0 Å². The second-order valence-electron chi connectivity index (χ2n) is 1.03.